The van der Waals surface area contributed by atoms with Crippen LogP contribution in [-0.2, 0) is 0 Å². The number of carbonyl (C=O) groups excluding carboxylic acids is 1. The van der Waals surface area contributed by atoms with Crippen LogP contribution in [0.1, 0.15) is 41.3 Å². The molecular weight excluding hydrogens is 260 g/mol. The summed E-state index contributed by atoms with van der Waals surface area (Å²) in [5, 5.41) is 0.596. The van der Waals surface area contributed by atoms with Crippen LogP contribution < -0.4 is 5.73 Å². The lowest BCUT2D eigenvalue weighted by Crippen LogP contribution is -2.08. The van der Waals surface area contributed by atoms with Crippen LogP contribution in [-0.4, -0.2) is 10.8 Å². The molecule has 1 aromatic carbocycles. The minimum Gasteiger partial charge on any atom is -0.383 e. The highest BCUT2D eigenvalue weighted by Gasteiger charge is 2.15. The summed E-state index contributed by atoms with van der Waals surface area (Å²) < 4.78 is 0. The number of hydrogen-bond acceptors (Lipinski definition) is 3. The normalized spacial score (nSPS) is 10.7. The van der Waals surface area contributed by atoms with Gasteiger partial charge in [0.25, 0.3) is 0 Å². The maximum atomic E-state index is 12.4. The quantitative estimate of drug-likeness (QED) is 0.869. The van der Waals surface area contributed by atoms with Crippen LogP contribution in [0.2, 0.25) is 5.02 Å². The van der Waals surface area contributed by atoms with Crippen molar-refractivity contribution >= 4 is 23.2 Å². The second-order valence-corrected chi connectivity index (χ2v) is 5.13. The van der Waals surface area contributed by atoms with Crippen molar-refractivity contribution < 1.29 is 4.79 Å². The Morgan fingerprint density at radius 1 is 1.26 bits per heavy atom. The van der Waals surface area contributed by atoms with Gasteiger partial charge in [-0.3, -0.25) is 4.79 Å². The molecule has 0 atom stereocenters. The third kappa shape index (κ3) is 2.93. The second-order valence-electron chi connectivity index (χ2n) is 4.69. The molecule has 0 fully saturated rings. The highest BCUT2D eigenvalue weighted by Crippen LogP contribution is 2.21. The number of ketones is 1. The molecule has 0 spiro atoms. The maximum absolute atomic E-state index is 12.4. The Kier molecular flexibility index (Phi) is 3.86. The van der Waals surface area contributed by atoms with Crippen LogP contribution >= 0.6 is 11.6 Å². The molecule has 4 heteroatoms. The van der Waals surface area contributed by atoms with Crippen LogP contribution in [0.4, 0.5) is 5.82 Å². The zero-order chi connectivity index (χ0) is 14.0. The number of nitrogens with zero attached hydrogens (tertiary/aromatic N) is 1. The molecule has 1 aromatic heterocycles. The molecule has 0 saturated carbocycles. The number of hydrogen-bond donors (Lipinski definition) is 1. The molecule has 19 heavy (non-hydrogen) atoms. The number of rotatable bonds is 3. The number of anilines is 1. The van der Waals surface area contributed by atoms with Crippen molar-refractivity contribution in [2.75, 3.05) is 5.73 Å². The average Bonchev–Trinajstić information content (AvgIpc) is 2.39. The van der Waals surface area contributed by atoms with Gasteiger partial charge >= 0.3 is 0 Å². The molecule has 0 bridgehead atoms. The van der Waals surface area contributed by atoms with E-state index in [2.05, 4.69) is 4.98 Å². The summed E-state index contributed by atoms with van der Waals surface area (Å²) in [5.74, 6) is 0.415. The van der Waals surface area contributed by atoms with Gasteiger partial charge in [0.1, 0.15) is 5.82 Å². The Hall–Kier alpha value is -1.87. The first-order chi connectivity index (χ1) is 8.99. The zero-order valence-electron chi connectivity index (χ0n) is 10.9. The van der Waals surface area contributed by atoms with Crippen LogP contribution in [0.3, 0.4) is 0 Å². The van der Waals surface area contributed by atoms with E-state index in [-0.39, 0.29) is 11.6 Å². The van der Waals surface area contributed by atoms with E-state index in [9.17, 15) is 4.79 Å². The molecule has 3 nitrogen and oxygen atoms in total. The van der Waals surface area contributed by atoms with Gasteiger partial charge in [-0.2, -0.15) is 0 Å². The lowest BCUT2D eigenvalue weighted by Gasteiger charge is -2.09. The van der Waals surface area contributed by atoms with E-state index in [1.54, 1.807) is 30.5 Å². The molecule has 0 amide bonds. The van der Waals surface area contributed by atoms with E-state index in [1.807, 2.05) is 19.9 Å². The minimum atomic E-state index is -0.135. The molecule has 2 rings (SSSR count). The number of halogens is 1. The summed E-state index contributed by atoms with van der Waals surface area (Å²) in [7, 11) is 0. The lowest BCUT2D eigenvalue weighted by atomic mass is 9.99. The molecular formula is C15H15ClN2O. The number of benzene rings is 1. The Morgan fingerprint density at radius 2 is 1.89 bits per heavy atom. The molecule has 2 N–H and O–H groups in total. The van der Waals surface area contributed by atoms with Crippen LogP contribution in [0.5, 0.6) is 0 Å². The van der Waals surface area contributed by atoms with Gasteiger partial charge in [0.05, 0.1) is 5.56 Å². The second kappa shape index (κ2) is 5.41. The van der Waals surface area contributed by atoms with E-state index in [0.717, 1.165) is 5.56 Å². The van der Waals surface area contributed by atoms with E-state index in [1.165, 1.54) is 0 Å². The number of aromatic nitrogens is 1. The first-order valence-corrected chi connectivity index (χ1v) is 6.42. The SMILES string of the molecule is CC(C)c1cnc(N)c(C(=O)c2ccc(Cl)cc2)c1. The molecule has 98 valence electrons. The van der Waals surface area contributed by atoms with Gasteiger partial charge in [0, 0.05) is 16.8 Å². The van der Waals surface area contributed by atoms with E-state index < -0.39 is 0 Å². The summed E-state index contributed by atoms with van der Waals surface area (Å²) in [6.07, 6.45) is 1.71. The van der Waals surface area contributed by atoms with E-state index >= 15 is 0 Å². The number of nitrogens with two attached hydrogens (primary N) is 1. The zero-order valence-corrected chi connectivity index (χ0v) is 11.6. The van der Waals surface area contributed by atoms with Gasteiger partial charge in [-0.15, -0.1) is 0 Å². The Morgan fingerprint density at radius 3 is 2.47 bits per heavy atom. The standard InChI is InChI=1S/C15H15ClN2O/c1-9(2)11-7-13(15(17)18-8-11)14(19)10-3-5-12(16)6-4-10/h3-9H,1-2H3,(H2,17,18). The van der Waals surface area contributed by atoms with Crippen LogP contribution in [0, 0.1) is 0 Å². The van der Waals surface area contributed by atoms with Crippen molar-refractivity contribution in [3.63, 3.8) is 0 Å². The van der Waals surface area contributed by atoms with Crippen LogP contribution in [0.25, 0.3) is 0 Å². The van der Waals surface area contributed by atoms with Crippen molar-refractivity contribution in [2.24, 2.45) is 0 Å². The third-order valence-electron chi connectivity index (χ3n) is 2.96. The fourth-order valence-electron chi connectivity index (χ4n) is 1.75. The monoisotopic (exact) mass is 274 g/mol. The largest absolute Gasteiger partial charge is 0.383 e. The van der Waals surface area contributed by atoms with E-state index in [0.29, 0.717) is 22.1 Å². The van der Waals surface area contributed by atoms with Gasteiger partial charge in [-0.25, -0.2) is 4.98 Å². The van der Waals surface area contributed by atoms with Gasteiger partial charge < -0.3 is 5.73 Å². The average molecular weight is 275 g/mol. The minimum absolute atomic E-state index is 0.135. The fraction of sp³-hybridized carbons (Fsp3) is 0.200. The molecule has 2 aromatic rings. The molecule has 0 aliphatic heterocycles. The Bertz CT molecular complexity index is 606. The molecule has 0 aliphatic carbocycles. The van der Waals surface area contributed by atoms with E-state index in [4.69, 9.17) is 17.3 Å². The first kappa shape index (κ1) is 13.6. The number of nitrogen functional groups attached to an aromatic ring is 1. The highest BCUT2D eigenvalue weighted by atomic mass is 35.5. The predicted octanol–water partition coefficient (Wildman–Crippen LogP) is 3.67. The lowest BCUT2D eigenvalue weighted by molar-refractivity contribution is 0.103. The van der Waals surface area contributed by atoms with Crippen LogP contribution in [0.15, 0.2) is 36.5 Å². The first-order valence-electron chi connectivity index (χ1n) is 6.04. The highest BCUT2D eigenvalue weighted by molar-refractivity contribution is 6.30. The van der Waals surface area contributed by atoms with Crippen molar-refractivity contribution in [2.45, 2.75) is 19.8 Å². The summed E-state index contributed by atoms with van der Waals surface area (Å²) in [6.45, 7) is 4.09. The molecule has 1 heterocycles. The summed E-state index contributed by atoms with van der Waals surface area (Å²) in [4.78, 5) is 16.5. The van der Waals surface area contributed by atoms with Gasteiger partial charge in [0.15, 0.2) is 5.78 Å². The predicted molar refractivity (Wildman–Crippen MR) is 77.6 cm³/mol. The van der Waals surface area contributed by atoms with Gasteiger partial charge in [0.2, 0.25) is 0 Å². The number of pyridine rings is 1. The fourth-order valence-corrected chi connectivity index (χ4v) is 1.87. The Balaban J connectivity index is 2.43. The topological polar surface area (TPSA) is 56.0 Å². The molecule has 0 unspecified atom stereocenters. The third-order valence-corrected chi connectivity index (χ3v) is 3.21. The van der Waals surface area contributed by atoms with Gasteiger partial charge in [-0.1, -0.05) is 25.4 Å². The van der Waals surface area contributed by atoms with Crippen molar-refractivity contribution in [3.05, 3.63) is 58.2 Å². The Labute approximate surface area is 117 Å². The smallest absolute Gasteiger partial charge is 0.196 e. The van der Waals surface area contributed by atoms with Crippen molar-refractivity contribution in [1.82, 2.24) is 4.98 Å². The molecule has 0 aliphatic rings. The van der Waals surface area contributed by atoms with Gasteiger partial charge in [-0.05, 0) is 41.8 Å². The number of carbonyl (C=O) groups is 1. The molecule has 0 radical (unpaired) electrons. The van der Waals surface area contributed by atoms with Crippen molar-refractivity contribution in [1.29, 1.82) is 0 Å². The summed E-state index contributed by atoms with van der Waals surface area (Å²) in [6, 6.07) is 8.55. The summed E-state index contributed by atoms with van der Waals surface area (Å²) >= 11 is 5.81. The maximum Gasteiger partial charge on any atom is 0.196 e. The van der Waals surface area contributed by atoms with Crippen molar-refractivity contribution in [3.8, 4) is 0 Å². The molecule has 0 saturated heterocycles. The summed E-state index contributed by atoms with van der Waals surface area (Å²) in [5.41, 5.74) is 7.78.